The Hall–Kier alpha value is -1.20. The largest absolute Gasteiger partial charge is 0.388 e. The van der Waals surface area contributed by atoms with Crippen LogP contribution in [0.25, 0.3) is 0 Å². The fourth-order valence-corrected chi connectivity index (χ4v) is 2.03. The molecule has 0 radical (unpaired) electrons. The summed E-state index contributed by atoms with van der Waals surface area (Å²) in [5, 5.41) is 10.3. The van der Waals surface area contributed by atoms with E-state index >= 15 is 0 Å². The fraction of sp³-hybridized carbons (Fsp3) is 0.583. The monoisotopic (exact) mass is 240 g/mol. The van der Waals surface area contributed by atoms with E-state index in [0.29, 0.717) is 38.4 Å². The minimum absolute atomic E-state index is 0.355. The topological polar surface area (TPSA) is 45.6 Å². The van der Waals surface area contributed by atoms with Crippen LogP contribution in [0.3, 0.4) is 0 Å². The van der Waals surface area contributed by atoms with Crippen LogP contribution < -0.4 is 4.90 Å². The normalized spacial score (nSPS) is 19.0. The van der Waals surface area contributed by atoms with Crippen LogP contribution >= 0.6 is 0 Å². The van der Waals surface area contributed by atoms with E-state index in [1.54, 1.807) is 6.07 Å². The number of aliphatic hydroxyl groups is 1. The maximum absolute atomic E-state index is 12.7. The van der Waals surface area contributed by atoms with Crippen LogP contribution in [-0.4, -0.2) is 42.5 Å². The molecule has 1 aliphatic rings. The van der Waals surface area contributed by atoms with E-state index in [0.717, 1.165) is 0 Å². The van der Waals surface area contributed by atoms with Gasteiger partial charge in [-0.3, -0.25) is 0 Å². The smallest absolute Gasteiger partial charge is 0.141 e. The highest BCUT2D eigenvalue weighted by Gasteiger charge is 2.31. The third-order valence-electron chi connectivity index (χ3n) is 3.06. The zero-order chi connectivity index (χ0) is 12.3. The van der Waals surface area contributed by atoms with Gasteiger partial charge in [0.2, 0.25) is 0 Å². The summed E-state index contributed by atoms with van der Waals surface area (Å²) >= 11 is 0. The number of halogens is 1. The molecular formula is C12H17FN2O2. The first-order valence-electron chi connectivity index (χ1n) is 5.72. The predicted molar refractivity (Wildman–Crippen MR) is 62.5 cm³/mol. The van der Waals surface area contributed by atoms with Crippen LogP contribution in [0.5, 0.6) is 0 Å². The van der Waals surface area contributed by atoms with Gasteiger partial charge in [-0.1, -0.05) is 0 Å². The molecule has 0 aliphatic carbocycles. The van der Waals surface area contributed by atoms with E-state index in [4.69, 9.17) is 4.74 Å². The molecule has 1 aliphatic heterocycles. The summed E-state index contributed by atoms with van der Waals surface area (Å²) in [5.41, 5.74) is -0.733. The van der Waals surface area contributed by atoms with Gasteiger partial charge in [0.15, 0.2) is 0 Å². The average molecular weight is 240 g/mol. The van der Waals surface area contributed by atoms with Crippen LogP contribution in [0, 0.1) is 5.82 Å². The zero-order valence-corrected chi connectivity index (χ0v) is 9.90. The molecule has 0 aromatic carbocycles. The Morgan fingerprint density at radius 3 is 2.76 bits per heavy atom. The van der Waals surface area contributed by atoms with Crippen LogP contribution in [-0.2, 0) is 4.74 Å². The Morgan fingerprint density at radius 1 is 1.47 bits per heavy atom. The molecule has 5 heteroatoms. The highest BCUT2D eigenvalue weighted by Crippen LogP contribution is 2.23. The van der Waals surface area contributed by atoms with Gasteiger partial charge in [0.1, 0.15) is 11.6 Å². The summed E-state index contributed by atoms with van der Waals surface area (Å²) in [6.07, 6.45) is 2.43. The second-order valence-corrected chi connectivity index (χ2v) is 4.53. The molecule has 1 aromatic heterocycles. The lowest BCUT2D eigenvalue weighted by atomic mass is 9.94. The molecule has 1 fully saturated rings. The van der Waals surface area contributed by atoms with Crippen molar-refractivity contribution in [1.82, 2.24) is 4.98 Å². The molecule has 0 saturated carbocycles. The van der Waals surface area contributed by atoms with Crippen molar-refractivity contribution in [3.05, 3.63) is 24.1 Å². The second-order valence-electron chi connectivity index (χ2n) is 4.53. The minimum atomic E-state index is -0.733. The molecule has 0 atom stereocenters. The zero-order valence-electron chi connectivity index (χ0n) is 9.90. The highest BCUT2D eigenvalue weighted by atomic mass is 19.1. The van der Waals surface area contributed by atoms with Gasteiger partial charge < -0.3 is 14.7 Å². The molecule has 0 spiro atoms. The summed E-state index contributed by atoms with van der Waals surface area (Å²) in [6, 6.07) is 2.98. The lowest BCUT2D eigenvalue weighted by molar-refractivity contribution is -0.0573. The molecule has 1 N–H and O–H groups in total. The van der Waals surface area contributed by atoms with Crippen molar-refractivity contribution < 1.29 is 14.2 Å². The van der Waals surface area contributed by atoms with E-state index in [2.05, 4.69) is 4.98 Å². The first-order chi connectivity index (χ1) is 8.09. The Morgan fingerprint density at radius 2 is 2.18 bits per heavy atom. The minimum Gasteiger partial charge on any atom is -0.388 e. The van der Waals surface area contributed by atoms with Gasteiger partial charge in [-0.15, -0.1) is 0 Å². The lowest BCUT2D eigenvalue weighted by Crippen LogP contribution is -2.45. The molecule has 94 valence electrons. The van der Waals surface area contributed by atoms with Crippen molar-refractivity contribution in [2.24, 2.45) is 0 Å². The van der Waals surface area contributed by atoms with Crippen molar-refractivity contribution >= 4 is 5.82 Å². The second kappa shape index (κ2) is 4.98. The quantitative estimate of drug-likeness (QED) is 0.862. The van der Waals surface area contributed by atoms with Gasteiger partial charge in [0.05, 0.1) is 11.8 Å². The van der Waals surface area contributed by atoms with Crippen LogP contribution in [0.1, 0.15) is 12.8 Å². The number of pyridine rings is 1. The van der Waals surface area contributed by atoms with Gasteiger partial charge in [-0.2, -0.15) is 0 Å². The Bertz CT molecular complexity index is 363. The third-order valence-corrected chi connectivity index (χ3v) is 3.06. The molecular weight excluding hydrogens is 223 g/mol. The number of likely N-dealkylation sites (N-methyl/N-ethyl adjacent to an activating group) is 1. The maximum Gasteiger partial charge on any atom is 0.141 e. The van der Waals surface area contributed by atoms with Crippen LogP contribution in [0.2, 0.25) is 0 Å². The average Bonchev–Trinajstić information content (AvgIpc) is 2.30. The lowest BCUT2D eigenvalue weighted by Gasteiger charge is -2.35. The number of rotatable bonds is 3. The summed E-state index contributed by atoms with van der Waals surface area (Å²) < 4.78 is 18.0. The summed E-state index contributed by atoms with van der Waals surface area (Å²) in [7, 11) is 1.84. The number of aromatic nitrogens is 1. The fourth-order valence-electron chi connectivity index (χ4n) is 2.03. The van der Waals surface area contributed by atoms with E-state index < -0.39 is 5.60 Å². The molecule has 2 rings (SSSR count). The number of nitrogens with zero attached hydrogens (tertiary/aromatic N) is 2. The molecule has 17 heavy (non-hydrogen) atoms. The SMILES string of the molecule is CN(CC1(O)CCOCC1)c1ccc(F)cn1. The van der Waals surface area contributed by atoms with Gasteiger partial charge in [-0.05, 0) is 12.1 Å². The van der Waals surface area contributed by atoms with Gasteiger partial charge in [0, 0.05) is 39.6 Å². The van der Waals surface area contributed by atoms with Crippen molar-refractivity contribution in [3.63, 3.8) is 0 Å². The molecule has 1 saturated heterocycles. The van der Waals surface area contributed by atoms with E-state index in [1.165, 1.54) is 12.3 Å². The van der Waals surface area contributed by atoms with E-state index in [1.807, 2.05) is 11.9 Å². The molecule has 0 bridgehead atoms. The summed E-state index contributed by atoms with van der Waals surface area (Å²) in [5.74, 6) is 0.304. The van der Waals surface area contributed by atoms with Gasteiger partial charge >= 0.3 is 0 Å². The maximum atomic E-state index is 12.7. The third kappa shape index (κ3) is 3.14. The molecule has 0 amide bonds. The summed E-state index contributed by atoms with van der Waals surface area (Å²) in [4.78, 5) is 5.82. The van der Waals surface area contributed by atoms with Gasteiger partial charge in [0.25, 0.3) is 0 Å². The first kappa shape index (κ1) is 12.3. The van der Waals surface area contributed by atoms with Crippen LogP contribution in [0.4, 0.5) is 10.2 Å². The number of anilines is 1. The molecule has 4 nitrogen and oxygen atoms in total. The van der Waals surface area contributed by atoms with Gasteiger partial charge in [-0.25, -0.2) is 9.37 Å². The molecule has 2 heterocycles. The Balaban J connectivity index is 2.00. The van der Waals surface area contributed by atoms with E-state index in [9.17, 15) is 9.50 Å². The highest BCUT2D eigenvalue weighted by molar-refractivity contribution is 5.37. The Kier molecular flexibility index (Phi) is 3.59. The molecule has 0 unspecified atom stereocenters. The Labute approximate surface area is 100 Å². The van der Waals surface area contributed by atoms with Crippen molar-refractivity contribution in [3.8, 4) is 0 Å². The predicted octanol–water partition coefficient (Wildman–Crippen LogP) is 1.20. The summed E-state index contributed by atoms with van der Waals surface area (Å²) in [6.45, 7) is 1.65. The first-order valence-corrected chi connectivity index (χ1v) is 5.72. The van der Waals surface area contributed by atoms with Crippen molar-refractivity contribution in [2.45, 2.75) is 18.4 Å². The number of hydrogen-bond acceptors (Lipinski definition) is 4. The van der Waals surface area contributed by atoms with Crippen molar-refractivity contribution in [1.29, 1.82) is 0 Å². The molecule has 1 aromatic rings. The van der Waals surface area contributed by atoms with E-state index in [-0.39, 0.29) is 5.82 Å². The number of hydrogen-bond donors (Lipinski definition) is 1. The van der Waals surface area contributed by atoms with Crippen molar-refractivity contribution in [2.75, 3.05) is 31.7 Å². The standard InChI is InChI=1S/C12H17FN2O2/c1-15(11-3-2-10(13)8-14-11)9-12(16)4-6-17-7-5-12/h2-3,8,16H,4-7,9H2,1H3. The number of ether oxygens (including phenoxy) is 1. The van der Waals surface area contributed by atoms with Crippen LogP contribution in [0.15, 0.2) is 18.3 Å².